The third-order valence-corrected chi connectivity index (χ3v) is 3.01. The lowest BCUT2D eigenvalue weighted by Crippen LogP contribution is -2.06. The van der Waals surface area contributed by atoms with Crippen LogP contribution >= 0.6 is 0 Å². The number of halogens is 1. The third kappa shape index (κ3) is 1.80. The van der Waals surface area contributed by atoms with Crippen molar-refractivity contribution in [3.05, 3.63) is 58.7 Å². The summed E-state index contributed by atoms with van der Waals surface area (Å²) in [5, 5.41) is 19.0. The molecule has 0 saturated heterocycles. The van der Waals surface area contributed by atoms with Gasteiger partial charge in [0.05, 0.1) is 5.56 Å². The quantitative estimate of drug-likeness (QED) is 0.714. The number of phenolic OH excluding ortho intramolecular Hbond substituents is 2. The minimum absolute atomic E-state index is 0.0107. The lowest BCUT2D eigenvalue weighted by Gasteiger charge is -2.05. The zero-order chi connectivity index (χ0) is 14.3. The zero-order valence-corrected chi connectivity index (χ0v) is 10.1. The summed E-state index contributed by atoms with van der Waals surface area (Å²) < 4.78 is 18.9. The van der Waals surface area contributed by atoms with Gasteiger partial charge in [-0.2, -0.15) is 0 Å². The molecule has 5 heteroatoms. The van der Waals surface area contributed by atoms with Crippen molar-refractivity contribution in [3.8, 4) is 22.6 Å². The number of hydrogen-bond donors (Lipinski definition) is 2. The Balaban J connectivity index is 2.38. The summed E-state index contributed by atoms with van der Waals surface area (Å²) in [4.78, 5) is 12.3. The van der Waals surface area contributed by atoms with E-state index in [4.69, 9.17) is 4.42 Å². The first-order valence-electron chi connectivity index (χ1n) is 5.80. The van der Waals surface area contributed by atoms with Crippen molar-refractivity contribution >= 4 is 11.0 Å². The van der Waals surface area contributed by atoms with Gasteiger partial charge in [0.1, 0.15) is 34.5 Å². The van der Waals surface area contributed by atoms with Gasteiger partial charge in [0.15, 0.2) is 0 Å². The molecule has 3 rings (SSSR count). The summed E-state index contributed by atoms with van der Waals surface area (Å²) in [5.74, 6) is -1.19. The van der Waals surface area contributed by atoms with Crippen molar-refractivity contribution < 1.29 is 19.0 Å². The van der Waals surface area contributed by atoms with Gasteiger partial charge < -0.3 is 14.6 Å². The molecule has 2 N–H and O–H groups in total. The predicted octanol–water partition coefficient (Wildman–Crippen LogP) is 3.01. The smallest absolute Gasteiger partial charge is 0.204 e. The van der Waals surface area contributed by atoms with Crippen LogP contribution in [0.1, 0.15) is 0 Å². The second kappa shape index (κ2) is 4.38. The standard InChI is InChI=1S/C15H9FO4/c16-11-4-2-1-3-9(11)10-7-20-13-6-8(17)5-12(18)14(13)15(10)19/h1-7,17-18H. The molecule has 0 aliphatic rings. The van der Waals surface area contributed by atoms with E-state index in [-0.39, 0.29) is 27.8 Å². The van der Waals surface area contributed by atoms with Gasteiger partial charge in [0.2, 0.25) is 5.43 Å². The third-order valence-electron chi connectivity index (χ3n) is 3.01. The number of rotatable bonds is 1. The SMILES string of the molecule is O=c1c(-c2ccccc2F)coc2cc(O)cc(O)c12. The van der Waals surface area contributed by atoms with E-state index in [0.717, 1.165) is 12.3 Å². The molecule has 0 aliphatic heterocycles. The molecule has 1 heterocycles. The highest BCUT2D eigenvalue weighted by molar-refractivity contribution is 5.88. The molecule has 0 spiro atoms. The van der Waals surface area contributed by atoms with Gasteiger partial charge in [-0.25, -0.2) is 4.39 Å². The van der Waals surface area contributed by atoms with Gasteiger partial charge in [-0.1, -0.05) is 18.2 Å². The molecule has 0 aliphatic carbocycles. The van der Waals surface area contributed by atoms with Crippen LogP contribution in [0.5, 0.6) is 11.5 Å². The van der Waals surface area contributed by atoms with Gasteiger partial charge in [-0.3, -0.25) is 4.79 Å². The molecule has 4 nitrogen and oxygen atoms in total. The molecule has 0 bridgehead atoms. The topological polar surface area (TPSA) is 70.7 Å². The van der Waals surface area contributed by atoms with Crippen LogP contribution in [0.25, 0.3) is 22.1 Å². The van der Waals surface area contributed by atoms with Crippen molar-refractivity contribution in [1.82, 2.24) is 0 Å². The van der Waals surface area contributed by atoms with Crippen LogP contribution in [0.15, 0.2) is 51.9 Å². The largest absolute Gasteiger partial charge is 0.508 e. The van der Waals surface area contributed by atoms with Crippen molar-refractivity contribution in [3.63, 3.8) is 0 Å². The Morgan fingerprint density at radius 2 is 1.80 bits per heavy atom. The second-order valence-electron chi connectivity index (χ2n) is 4.30. The van der Waals surface area contributed by atoms with Crippen LogP contribution < -0.4 is 5.43 Å². The zero-order valence-electron chi connectivity index (χ0n) is 10.1. The number of benzene rings is 2. The van der Waals surface area contributed by atoms with Crippen molar-refractivity contribution in [2.24, 2.45) is 0 Å². The van der Waals surface area contributed by atoms with Crippen LogP contribution in [0.3, 0.4) is 0 Å². The molecule has 0 saturated carbocycles. The Hall–Kier alpha value is -2.82. The Bertz CT molecular complexity index is 867. The Morgan fingerprint density at radius 1 is 1.05 bits per heavy atom. The monoisotopic (exact) mass is 272 g/mol. The van der Waals surface area contributed by atoms with Crippen LogP contribution in [0.4, 0.5) is 4.39 Å². The van der Waals surface area contributed by atoms with Crippen LogP contribution in [0.2, 0.25) is 0 Å². The van der Waals surface area contributed by atoms with E-state index in [9.17, 15) is 19.4 Å². The molecule has 2 aromatic carbocycles. The molecule has 1 aromatic heterocycles. The number of fused-ring (bicyclic) bond motifs is 1. The predicted molar refractivity (Wildman–Crippen MR) is 71.2 cm³/mol. The molecule has 20 heavy (non-hydrogen) atoms. The molecule has 0 atom stereocenters. The lowest BCUT2D eigenvalue weighted by atomic mass is 10.0. The number of phenols is 2. The first-order valence-corrected chi connectivity index (χ1v) is 5.80. The van der Waals surface area contributed by atoms with Crippen LogP contribution in [-0.2, 0) is 0 Å². The van der Waals surface area contributed by atoms with Crippen molar-refractivity contribution in [2.75, 3.05) is 0 Å². The highest BCUT2D eigenvalue weighted by Crippen LogP contribution is 2.30. The lowest BCUT2D eigenvalue weighted by molar-refractivity contribution is 0.452. The molecule has 0 unspecified atom stereocenters. The minimum Gasteiger partial charge on any atom is -0.508 e. The van der Waals surface area contributed by atoms with E-state index in [1.54, 1.807) is 6.07 Å². The summed E-state index contributed by atoms with van der Waals surface area (Å²) >= 11 is 0. The number of aromatic hydroxyl groups is 2. The molecule has 0 radical (unpaired) electrons. The fraction of sp³-hybridized carbons (Fsp3) is 0. The number of hydrogen-bond acceptors (Lipinski definition) is 4. The van der Waals surface area contributed by atoms with E-state index < -0.39 is 17.0 Å². The summed E-state index contributed by atoms with van der Waals surface area (Å²) in [7, 11) is 0. The average Bonchev–Trinajstić information content (AvgIpc) is 2.39. The summed E-state index contributed by atoms with van der Waals surface area (Å²) in [6.07, 6.45) is 1.11. The summed E-state index contributed by atoms with van der Waals surface area (Å²) in [5.41, 5.74) is -0.423. The van der Waals surface area contributed by atoms with Crippen molar-refractivity contribution in [2.45, 2.75) is 0 Å². The molecule has 0 amide bonds. The summed E-state index contributed by atoms with van der Waals surface area (Å²) in [6.45, 7) is 0. The van der Waals surface area contributed by atoms with Gasteiger partial charge >= 0.3 is 0 Å². The van der Waals surface area contributed by atoms with E-state index >= 15 is 0 Å². The molecule has 0 fully saturated rings. The Kier molecular flexibility index (Phi) is 2.68. The maximum Gasteiger partial charge on any atom is 0.204 e. The van der Waals surface area contributed by atoms with E-state index in [0.29, 0.717) is 0 Å². The van der Waals surface area contributed by atoms with Crippen molar-refractivity contribution in [1.29, 1.82) is 0 Å². The van der Waals surface area contributed by atoms with Gasteiger partial charge in [-0.15, -0.1) is 0 Å². The average molecular weight is 272 g/mol. The maximum atomic E-state index is 13.7. The normalized spacial score (nSPS) is 10.8. The first kappa shape index (κ1) is 12.2. The van der Waals surface area contributed by atoms with Crippen LogP contribution in [0, 0.1) is 5.82 Å². The van der Waals surface area contributed by atoms with Gasteiger partial charge in [-0.05, 0) is 6.07 Å². The highest BCUT2D eigenvalue weighted by Gasteiger charge is 2.15. The van der Waals surface area contributed by atoms with Crippen LogP contribution in [-0.4, -0.2) is 10.2 Å². The molecular formula is C15H9FO4. The molecule has 100 valence electrons. The molecular weight excluding hydrogens is 263 g/mol. The Labute approximate surface area is 112 Å². The fourth-order valence-corrected chi connectivity index (χ4v) is 2.08. The minimum atomic E-state index is -0.561. The van der Waals surface area contributed by atoms with E-state index in [2.05, 4.69) is 0 Å². The fourth-order valence-electron chi connectivity index (χ4n) is 2.08. The van der Waals surface area contributed by atoms with E-state index in [1.165, 1.54) is 24.3 Å². The summed E-state index contributed by atoms with van der Waals surface area (Å²) in [6, 6.07) is 8.03. The Morgan fingerprint density at radius 3 is 2.55 bits per heavy atom. The second-order valence-corrected chi connectivity index (χ2v) is 4.30. The highest BCUT2D eigenvalue weighted by atomic mass is 19.1. The maximum absolute atomic E-state index is 13.7. The van der Waals surface area contributed by atoms with Gasteiger partial charge in [0.25, 0.3) is 0 Å². The molecule has 3 aromatic rings. The van der Waals surface area contributed by atoms with E-state index in [1.807, 2.05) is 0 Å². The first-order chi connectivity index (χ1) is 9.58. The van der Waals surface area contributed by atoms with Gasteiger partial charge in [0, 0.05) is 17.7 Å².